The molecule has 0 saturated carbocycles. The lowest BCUT2D eigenvalue weighted by molar-refractivity contribution is -0.140. The zero-order valence-electron chi connectivity index (χ0n) is 11.9. The third-order valence-electron chi connectivity index (χ3n) is 3.78. The minimum atomic E-state index is -4.82. The van der Waals surface area contributed by atoms with Gasteiger partial charge in [0.05, 0.1) is 5.56 Å². The van der Waals surface area contributed by atoms with Crippen LogP contribution in [-0.2, 0) is 6.18 Å². The van der Waals surface area contributed by atoms with Gasteiger partial charge in [-0.2, -0.15) is 13.2 Å². The Labute approximate surface area is 131 Å². The Morgan fingerprint density at radius 2 is 2.00 bits per heavy atom. The van der Waals surface area contributed by atoms with E-state index in [0.717, 1.165) is 6.07 Å². The van der Waals surface area contributed by atoms with Gasteiger partial charge in [-0.25, -0.2) is 4.39 Å². The third-order valence-corrected chi connectivity index (χ3v) is 3.78. The van der Waals surface area contributed by atoms with Gasteiger partial charge >= 0.3 is 6.18 Å². The van der Waals surface area contributed by atoms with Gasteiger partial charge in [0.1, 0.15) is 5.82 Å². The summed E-state index contributed by atoms with van der Waals surface area (Å²) in [5, 5.41) is 0. The largest absolute Gasteiger partial charge is 0.419 e. The molecule has 2 atom stereocenters. The Morgan fingerprint density at radius 3 is 2.55 bits per heavy atom. The van der Waals surface area contributed by atoms with Crippen molar-refractivity contribution in [2.45, 2.75) is 25.6 Å². The molecular weight excluding hydrogens is 324 g/mol. The molecule has 2 unspecified atom stereocenters. The lowest BCUT2D eigenvalue weighted by Gasteiger charge is -2.35. The van der Waals surface area contributed by atoms with Gasteiger partial charge in [-0.1, -0.05) is 6.92 Å². The summed E-state index contributed by atoms with van der Waals surface area (Å²) in [4.78, 5) is 13.7. The summed E-state index contributed by atoms with van der Waals surface area (Å²) in [5.41, 5.74) is 4.26. The Balaban J connectivity index is 0.00000242. The highest BCUT2D eigenvalue weighted by molar-refractivity contribution is 5.94. The molecule has 1 aliphatic rings. The minimum Gasteiger partial charge on any atom is -0.338 e. The van der Waals surface area contributed by atoms with E-state index in [1.807, 2.05) is 6.92 Å². The smallest absolute Gasteiger partial charge is 0.338 e. The van der Waals surface area contributed by atoms with Crippen molar-refractivity contribution >= 4 is 18.3 Å². The number of hydrogen-bond acceptors (Lipinski definition) is 2. The SMILES string of the molecule is CC1CN(C(=O)c2ccc(F)c(C(F)(F)F)c2)CCC1N.Cl. The van der Waals surface area contributed by atoms with Crippen LogP contribution < -0.4 is 5.73 Å². The van der Waals surface area contributed by atoms with Crippen molar-refractivity contribution in [3.8, 4) is 0 Å². The van der Waals surface area contributed by atoms with E-state index in [0.29, 0.717) is 31.6 Å². The highest BCUT2D eigenvalue weighted by Gasteiger charge is 2.35. The standard InChI is InChI=1S/C14H16F4N2O.ClH/c1-8-7-20(5-4-12(8)19)13(21)9-2-3-11(15)10(6-9)14(16,17)18;/h2-3,6,8,12H,4-5,7,19H2,1H3;1H. The second-order valence-corrected chi connectivity index (χ2v) is 5.37. The number of carbonyl (C=O) groups is 1. The van der Waals surface area contributed by atoms with Gasteiger partial charge in [0.15, 0.2) is 0 Å². The fourth-order valence-corrected chi connectivity index (χ4v) is 2.41. The van der Waals surface area contributed by atoms with Crippen LogP contribution in [0.3, 0.4) is 0 Å². The maximum atomic E-state index is 13.2. The molecule has 0 aliphatic carbocycles. The summed E-state index contributed by atoms with van der Waals surface area (Å²) in [6.45, 7) is 2.66. The van der Waals surface area contributed by atoms with E-state index in [-0.39, 0.29) is 29.9 Å². The number of likely N-dealkylation sites (tertiary alicyclic amines) is 1. The van der Waals surface area contributed by atoms with Crippen molar-refractivity contribution in [3.05, 3.63) is 35.1 Å². The van der Waals surface area contributed by atoms with Crippen molar-refractivity contribution in [2.75, 3.05) is 13.1 Å². The molecule has 3 nitrogen and oxygen atoms in total. The third kappa shape index (κ3) is 3.89. The molecule has 1 saturated heterocycles. The van der Waals surface area contributed by atoms with Crippen LogP contribution in [0, 0.1) is 11.7 Å². The zero-order valence-corrected chi connectivity index (χ0v) is 12.7. The molecular formula is C14H17ClF4N2O. The topological polar surface area (TPSA) is 46.3 Å². The fourth-order valence-electron chi connectivity index (χ4n) is 2.41. The van der Waals surface area contributed by atoms with Crippen LogP contribution in [-0.4, -0.2) is 29.9 Å². The van der Waals surface area contributed by atoms with E-state index >= 15 is 0 Å². The molecule has 1 aromatic rings. The first-order valence-corrected chi connectivity index (χ1v) is 6.61. The second kappa shape index (κ2) is 6.83. The van der Waals surface area contributed by atoms with E-state index in [9.17, 15) is 22.4 Å². The number of nitrogens with two attached hydrogens (primary N) is 1. The molecule has 1 aromatic carbocycles. The molecule has 0 aromatic heterocycles. The minimum absolute atomic E-state index is 0. The molecule has 2 N–H and O–H groups in total. The molecule has 0 bridgehead atoms. The molecule has 1 aliphatic heterocycles. The quantitative estimate of drug-likeness (QED) is 0.799. The lowest BCUT2D eigenvalue weighted by Crippen LogP contribution is -2.48. The predicted octanol–water partition coefficient (Wildman–Crippen LogP) is 3.08. The van der Waals surface area contributed by atoms with Gasteiger partial charge in [-0.05, 0) is 30.5 Å². The van der Waals surface area contributed by atoms with E-state index in [1.165, 1.54) is 4.90 Å². The van der Waals surface area contributed by atoms with Crippen molar-refractivity contribution in [1.82, 2.24) is 4.90 Å². The lowest BCUT2D eigenvalue weighted by atomic mass is 9.94. The van der Waals surface area contributed by atoms with Crippen molar-refractivity contribution < 1.29 is 22.4 Å². The van der Waals surface area contributed by atoms with Crippen LogP contribution in [0.1, 0.15) is 29.3 Å². The van der Waals surface area contributed by atoms with Crippen LogP contribution >= 0.6 is 12.4 Å². The summed E-state index contributed by atoms with van der Waals surface area (Å²) >= 11 is 0. The monoisotopic (exact) mass is 340 g/mol. The molecule has 1 amide bonds. The van der Waals surface area contributed by atoms with Crippen molar-refractivity contribution in [3.63, 3.8) is 0 Å². The molecule has 22 heavy (non-hydrogen) atoms. The summed E-state index contributed by atoms with van der Waals surface area (Å²) in [6, 6.07) is 2.30. The van der Waals surface area contributed by atoms with Gasteiger partial charge in [0, 0.05) is 24.7 Å². The maximum Gasteiger partial charge on any atom is 0.419 e. The van der Waals surface area contributed by atoms with Gasteiger partial charge in [0.25, 0.3) is 5.91 Å². The molecule has 1 heterocycles. The highest BCUT2D eigenvalue weighted by Crippen LogP contribution is 2.32. The summed E-state index contributed by atoms with van der Waals surface area (Å²) in [7, 11) is 0. The molecule has 8 heteroatoms. The predicted molar refractivity (Wildman–Crippen MR) is 76.3 cm³/mol. The van der Waals surface area contributed by atoms with E-state index in [1.54, 1.807) is 0 Å². The fraction of sp³-hybridized carbons (Fsp3) is 0.500. The summed E-state index contributed by atoms with van der Waals surface area (Å²) < 4.78 is 51.2. The normalized spacial score (nSPS) is 22.2. The molecule has 2 rings (SSSR count). The average molecular weight is 341 g/mol. The Hall–Kier alpha value is -1.34. The number of hydrogen-bond donors (Lipinski definition) is 1. The van der Waals surface area contributed by atoms with Gasteiger partial charge in [0.2, 0.25) is 0 Å². The highest BCUT2D eigenvalue weighted by atomic mass is 35.5. The second-order valence-electron chi connectivity index (χ2n) is 5.37. The van der Waals surface area contributed by atoms with Gasteiger partial charge in [-0.15, -0.1) is 12.4 Å². The van der Waals surface area contributed by atoms with E-state index in [2.05, 4.69) is 0 Å². The molecule has 1 fully saturated rings. The number of halogens is 5. The molecule has 0 radical (unpaired) electrons. The number of alkyl halides is 3. The zero-order chi connectivity index (χ0) is 15.8. The number of carbonyl (C=O) groups excluding carboxylic acids is 1. The first-order chi connectivity index (χ1) is 9.70. The number of nitrogens with zero attached hydrogens (tertiary/aromatic N) is 1. The molecule has 124 valence electrons. The Bertz CT molecular complexity index is 550. The Morgan fingerprint density at radius 1 is 1.36 bits per heavy atom. The van der Waals surface area contributed by atoms with Crippen LogP contribution in [0.25, 0.3) is 0 Å². The van der Waals surface area contributed by atoms with E-state index in [4.69, 9.17) is 5.73 Å². The van der Waals surface area contributed by atoms with Crippen molar-refractivity contribution in [1.29, 1.82) is 0 Å². The van der Waals surface area contributed by atoms with Crippen LogP contribution in [0.2, 0.25) is 0 Å². The van der Waals surface area contributed by atoms with Crippen LogP contribution in [0.4, 0.5) is 17.6 Å². The number of amides is 1. The number of piperidine rings is 1. The average Bonchev–Trinajstić information content (AvgIpc) is 2.40. The Kier molecular flexibility index (Phi) is 5.81. The molecule has 0 spiro atoms. The summed E-state index contributed by atoms with van der Waals surface area (Å²) in [5.74, 6) is -1.84. The van der Waals surface area contributed by atoms with Gasteiger partial charge < -0.3 is 10.6 Å². The first kappa shape index (κ1) is 18.7. The van der Waals surface area contributed by atoms with Crippen molar-refractivity contribution in [2.24, 2.45) is 11.7 Å². The first-order valence-electron chi connectivity index (χ1n) is 6.61. The van der Waals surface area contributed by atoms with Gasteiger partial charge in [-0.3, -0.25) is 4.79 Å². The maximum absolute atomic E-state index is 13.2. The van der Waals surface area contributed by atoms with Crippen LogP contribution in [0.15, 0.2) is 18.2 Å². The van der Waals surface area contributed by atoms with Crippen LogP contribution in [0.5, 0.6) is 0 Å². The summed E-state index contributed by atoms with van der Waals surface area (Å²) in [6.07, 6.45) is -4.22. The number of benzene rings is 1. The number of rotatable bonds is 1. The van der Waals surface area contributed by atoms with E-state index < -0.39 is 23.5 Å².